The number of benzene rings is 1. The fraction of sp³-hybridized carbons (Fsp3) is 0.667. The van der Waals surface area contributed by atoms with Crippen LogP contribution in [0, 0.1) is 29.5 Å². The van der Waals surface area contributed by atoms with Crippen molar-refractivity contribution in [1.82, 2.24) is 10.2 Å². The van der Waals surface area contributed by atoms with Gasteiger partial charge in [0.25, 0.3) is 0 Å². The van der Waals surface area contributed by atoms with Gasteiger partial charge in [0.2, 0.25) is 5.91 Å². The second-order valence-corrected chi connectivity index (χ2v) is 11.4. The number of amides is 1. The molecule has 1 amide bonds. The maximum atomic E-state index is 13.5. The zero-order valence-electron chi connectivity index (χ0n) is 21.9. The number of ketones is 1. The normalized spacial score (nSPS) is 32.2. The Labute approximate surface area is 220 Å². The van der Waals surface area contributed by atoms with Gasteiger partial charge in [-0.1, -0.05) is 24.3 Å². The number of fused-ring (bicyclic) bond motifs is 4. The molecule has 6 nitrogen and oxygen atoms in total. The van der Waals surface area contributed by atoms with Crippen molar-refractivity contribution in [2.24, 2.45) is 23.7 Å². The Morgan fingerprint density at radius 3 is 2.51 bits per heavy atom. The van der Waals surface area contributed by atoms with Gasteiger partial charge in [-0.2, -0.15) is 0 Å². The molecule has 0 radical (unpaired) electrons. The van der Waals surface area contributed by atoms with E-state index in [0.29, 0.717) is 63.1 Å². The van der Waals surface area contributed by atoms with E-state index in [1.54, 1.807) is 0 Å². The molecular weight excluding hydrogens is 471 g/mol. The minimum Gasteiger partial charge on any atom is -0.379 e. The molecule has 7 heteroatoms. The molecule has 1 saturated carbocycles. The van der Waals surface area contributed by atoms with E-state index in [2.05, 4.69) is 29.4 Å². The van der Waals surface area contributed by atoms with Crippen molar-refractivity contribution in [2.45, 2.75) is 62.9 Å². The highest BCUT2D eigenvalue weighted by Gasteiger charge is 2.48. The van der Waals surface area contributed by atoms with Gasteiger partial charge in [0.1, 0.15) is 11.6 Å². The highest BCUT2D eigenvalue weighted by Crippen LogP contribution is 2.46. The molecule has 2 saturated heterocycles. The van der Waals surface area contributed by atoms with E-state index >= 15 is 0 Å². The first-order valence-corrected chi connectivity index (χ1v) is 14.1. The smallest absolute Gasteiger partial charge is 0.225 e. The number of nitrogens with zero attached hydrogens (tertiary/aromatic N) is 1. The predicted molar refractivity (Wildman–Crippen MR) is 140 cm³/mol. The summed E-state index contributed by atoms with van der Waals surface area (Å²) in [5.41, 5.74) is 1.05. The van der Waals surface area contributed by atoms with Gasteiger partial charge >= 0.3 is 0 Å². The summed E-state index contributed by atoms with van der Waals surface area (Å²) in [4.78, 5) is 28.0. The monoisotopic (exact) mass is 512 g/mol. The lowest BCUT2D eigenvalue weighted by atomic mass is 9.75. The highest BCUT2D eigenvalue weighted by atomic mass is 19.1. The third-order valence-corrected chi connectivity index (χ3v) is 9.19. The number of nitrogens with one attached hydrogen (secondary N) is 1. The summed E-state index contributed by atoms with van der Waals surface area (Å²) in [6.07, 6.45) is 11.1. The van der Waals surface area contributed by atoms with Crippen LogP contribution in [0.2, 0.25) is 0 Å². The van der Waals surface area contributed by atoms with Crippen LogP contribution in [-0.2, 0) is 19.1 Å². The van der Waals surface area contributed by atoms with Crippen LogP contribution in [0.5, 0.6) is 0 Å². The van der Waals surface area contributed by atoms with Gasteiger partial charge in [-0.25, -0.2) is 4.39 Å². The van der Waals surface area contributed by atoms with Crippen LogP contribution in [0.4, 0.5) is 4.39 Å². The summed E-state index contributed by atoms with van der Waals surface area (Å²) in [7, 11) is 2.12. The second kappa shape index (κ2) is 12.2. The standard InChI is InChI=1S/C30H41FN2O4/c1-33-24-10-11-27(33)29(26(19-24)21-6-8-23(31)9-7-21)30(35)32-12-14-37-16-15-36-13-2-3-28(34)25-18-20-4-5-22(25)17-20/h4-9,20,22,24-27,29H,2-3,10-19H2,1H3,(H,32,35). The number of hydrogen-bond donors (Lipinski definition) is 1. The maximum absolute atomic E-state index is 13.5. The molecule has 4 bridgehead atoms. The number of carbonyl (C=O) groups excluding carboxylic acids is 2. The lowest BCUT2D eigenvalue weighted by molar-refractivity contribution is -0.129. The van der Waals surface area contributed by atoms with Crippen LogP contribution in [-0.4, -0.2) is 68.7 Å². The molecule has 5 rings (SSSR count). The molecule has 2 aliphatic carbocycles. The third-order valence-electron chi connectivity index (χ3n) is 9.19. The minimum atomic E-state index is -0.247. The van der Waals surface area contributed by atoms with Gasteiger partial charge in [-0.05, 0) is 81.0 Å². The van der Waals surface area contributed by atoms with E-state index in [-0.39, 0.29) is 35.5 Å². The second-order valence-electron chi connectivity index (χ2n) is 11.4. The van der Waals surface area contributed by atoms with Crippen LogP contribution in [0.3, 0.4) is 0 Å². The van der Waals surface area contributed by atoms with Crippen molar-refractivity contribution in [2.75, 3.05) is 40.0 Å². The number of hydrogen-bond acceptors (Lipinski definition) is 5. The van der Waals surface area contributed by atoms with E-state index in [1.807, 2.05) is 12.1 Å². The van der Waals surface area contributed by atoms with Crippen LogP contribution in [0.1, 0.15) is 56.4 Å². The average molecular weight is 513 g/mol. The van der Waals surface area contributed by atoms with E-state index < -0.39 is 0 Å². The van der Waals surface area contributed by atoms with Gasteiger partial charge in [0, 0.05) is 37.6 Å². The Balaban J connectivity index is 0.962. The van der Waals surface area contributed by atoms with Gasteiger partial charge in [0.15, 0.2) is 0 Å². The summed E-state index contributed by atoms with van der Waals surface area (Å²) in [6, 6.07) is 7.36. The summed E-state index contributed by atoms with van der Waals surface area (Å²) in [5, 5.41) is 3.08. The van der Waals surface area contributed by atoms with Crippen LogP contribution in [0.15, 0.2) is 36.4 Å². The van der Waals surface area contributed by atoms with Crippen molar-refractivity contribution in [3.05, 3.63) is 47.8 Å². The van der Waals surface area contributed by atoms with Crippen molar-refractivity contribution in [3.8, 4) is 0 Å². The topological polar surface area (TPSA) is 67.9 Å². The third kappa shape index (κ3) is 6.15. The van der Waals surface area contributed by atoms with Crippen LogP contribution in [0.25, 0.3) is 0 Å². The Kier molecular flexibility index (Phi) is 8.73. The van der Waals surface area contributed by atoms with E-state index in [1.165, 1.54) is 12.1 Å². The summed E-state index contributed by atoms with van der Waals surface area (Å²) in [6.45, 7) is 2.42. The quantitative estimate of drug-likeness (QED) is 0.318. The molecule has 3 fully saturated rings. The molecule has 2 heterocycles. The van der Waals surface area contributed by atoms with Crippen molar-refractivity contribution in [1.29, 1.82) is 0 Å². The fourth-order valence-corrected chi connectivity index (χ4v) is 7.25. The first-order chi connectivity index (χ1) is 18.0. The number of piperidine rings is 1. The zero-order chi connectivity index (χ0) is 25.8. The average Bonchev–Trinajstić information content (AvgIpc) is 3.58. The van der Waals surface area contributed by atoms with Crippen LogP contribution < -0.4 is 5.32 Å². The fourth-order valence-electron chi connectivity index (χ4n) is 7.25. The summed E-state index contributed by atoms with van der Waals surface area (Å²) >= 11 is 0. The van der Waals surface area contributed by atoms with Crippen molar-refractivity contribution in [3.63, 3.8) is 0 Å². The maximum Gasteiger partial charge on any atom is 0.225 e. The minimum absolute atomic E-state index is 0.0574. The molecule has 7 atom stereocenters. The molecule has 0 spiro atoms. The lowest BCUT2D eigenvalue weighted by Gasteiger charge is -2.42. The first kappa shape index (κ1) is 26.5. The number of carbonyl (C=O) groups is 2. The molecule has 7 unspecified atom stereocenters. The molecule has 1 aromatic rings. The Hall–Kier alpha value is -2.09. The summed E-state index contributed by atoms with van der Waals surface area (Å²) in [5.74, 6) is 1.52. The van der Waals surface area contributed by atoms with Gasteiger partial charge in [0.05, 0.1) is 25.7 Å². The molecule has 4 aliphatic rings. The van der Waals surface area contributed by atoms with E-state index in [9.17, 15) is 14.0 Å². The van der Waals surface area contributed by atoms with Gasteiger partial charge in [-0.3, -0.25) is 14.5 Å². The molecular formula is C30H41FN2O4. The van der Waals surface area contributed by atoms with Gasteiger partial charge in [-0.15, -0.1) is 0 Å². The Morgan fingerprint density at radius 2 is 1.78 bits per heavy atom. The van der Waals surface area contributed by atoms with E-state index in [4.69, 9.17) is 9.47 Å². The number of ether oxygens (including phenoxy) is 2. The number of rotatable bonds is 13. The van der Waals surface area contributed by atoms with Gasteiger partial charge < -0.3 is 14.8 Å². The number of allylic oxidation sites excluding steroid dienone is 2. The van der Waals surface area contributed by atoms with Crippen molar-refractivity contribution >= 4 is 11.7 Å². The first-order valence-electron chi connectivity index (χ1n) is 14.1. The molecule has 2 aliphatic heterocycles. The largest absolute Gasteiger partial charge is 0.379 e. The SMILES string of the molecule is CN1C2CCC1C(C(=O)NCCOCCOCCCC(=O)C1CC3C=CC1C3)C(c1ccc(F)cc1)C2. The molecule has 37 heavy (non-hydrogen) atoms. The molecule has 1 aromatic carbocycles. The number of halogens is 1. The van der Waals surface area contributed by atoms with Crippen molar-refractivity contribution < 1.29 is 23.5 Å². The lowest BCUT2D eigenvalue weighted by Crippen LogP contribution is -2.52. The predicted octanol–water partition coefficient (Wildman–Crippen LogP) is 4.10. The highest BCUT2D eigenvalue weighted by molar-refractivity contribution is 5.82. The van der Waals surface area contributed by atoms with Crippen LogP contribution >= 0.6 is 0 Å². The molecule has 202 valence electrons. The zero-order valence-corrected chi connectivity index (χ0v) is 21.9. The molecule has 1 N–H and O–H groups in total. The number of Topliss-reactive ketones (excluding diaryl/α,β-unsaturated/α-hetero) is 1. The Bertz CT molecular complexity index is 967. The van der Waals surface area contributed by atoms with E-state index in [0.717, 1.165) is 44.1 Å². The molecule has 0 aromatic heterocycles. The summed E-state index contributed by atoms with van der Waals surface area (Å²) < 4.78 is 24.8. The Morgan fingerprint density at radius 1 is 1.00 bits per heavy atom.